The molecule has 1 heterocycles. The molecule has 0 unspecified atom stereocenters. The number of nitrogens with one attached hydrogen (secondary N) is 2. The molecule has 4 nitrogen and oxygen atoms in total. The van der Waals surface area contributed by atoms with Gasteiger partial charge in [0.25, 0.3) is 0 Å². The van der Waals surface area contributed by atoms with Crippen molar-refractivity contribution in [2.24, 2.45) is 5.92 Å². The molecule has 0 aromatic rings. The third-order valence-electron chi connectivity index (χ3n) is 3.02. The van der Waals surface area contributed by atoms with Crippen molar-refractivity contribution in [3.63, 3.8) is 0 Å². The Hall–Kier alpha value is -0.320. The smallest absolute Gasteiger partial charge is 0.234 e. The van der Waals surface area contributed by atoms with Crippen LogP contribution in [0.25, 0.3) is 0 Å². The summed E-state index contributed by atoms with van der Waals surface area (Å²) in [5.74, 6) is 0.941. The standard InChI is InChI=1S/C12H25N3O.ClH/c1-10(2)14-12(16)9-15-6-4-11(5-7-15)8-13-3;/h10-11,13H,4-9H2,1-3H3,(H,14,16);1H. The maximum Gasteiger partial charge on any atom is 0.234 e. The Morgan fingerprint density at radius 3 is 2.41 bits per heavy atom. The van der Waals surface area contributed by atoms with Crippen LogP contribution in [0.1, 0.15) is 26.7 Å². The quantitative estimate of drug-likeness (QED) is 0.774. The minimum atomic E-state index is 0. The first-order valence-corrected chi connectivity index (χ1v) is 6.28. The average Bonchev–Trinajstić information content (AvgIpc) is 2.20. The largest absolute Gasteiger partial charge is 0.353 e. The van der Waals surface area contributed by atoms with Gasteiger partial charge in [-0.3, -0.25) is 9.69 Å². The zero-order valence-electron chi connectivity index (χ0n) is 11.2. The first-order valence-electron chi connectivity index (χ1n) is 6.28. The minimum Gasteiger partial charge on any atom is -0.353 e. The van der Waals surface area contributed by atoms with Crippen molar-refractivity contribution in [3.05, 3.63) is 0 Å². The van der Waals surface area contributed by atoms with E-state index in [1.165, 1.54) is 12.8 Å². The van der Waals surface area contributed by atoms with E-state index in [9.17, 15) is 4.79 Å². The SMILES string of the molecule is CNCC1CCN(CC(=O)NC(C)C)CC1.Cl. The normalized spacial score (nSPS) is 17.9. The molecule has 1 amide bonds. The number of rotatable bonds is 5. The summed E-state index contributed by atoms with van der Waals surface area (Å²) in [5.41, 5.74) is 0. The molecule has 0 saturated carbocycles. The maximum absolute atomic E-state index is 11.6. The zero-order chi connectivity index (χ0) is 12.0. The topological polar surface area (TPSA) is 44.4 Å². The average molecular weight is 264 g/mol. The molecule has 0 aliphatic carbocycles. The lowest BCUT2D eigenvalue weighted by Crippen LogP contribution is -2.44. The molecule has 1 rings (SSSR count). The molecule has 102 valence electrons. The van der Waals surface area contributed by atoms with Gasteiger partial charge < -0.3 is 10.6 Å². The molecule has 0 bridgehead atoms. The summed E-state index contributed by atoms with van der Waals surface area (Å²) in [6.07, 6.45) is 2.41. The van der Waals surface area contributed by atoms with Crippen LogP contribution in [0.4, 0.5) is 0 Å². The van der Waals surface area contributed by atoms with Crippen molar-refractivity contribution in [3.8, 4) is 0 Å². The van der Waals surface area contributed by atoms with Crippen molar-refractivity contribution < 1.29 is 4.79 Å². The molecule has 5 heteroatoms. The highest BCUT2D eigenvalue weighted by Crippen LogP contribution is 2.15. The van der Waals surface area contributed by atoms with E-state index in [1.807, 2.05) is 20.9 Å². The van der Waals surface area contributed by atoms with Crippen LogP contribution in [-0.2, 0) is 4.79 Å². The summed E-state index contributed by atoms with van der Waals surface area (Å²) in [6.45, 7) is 7.76. The number of hydrogen-bond acceptors (Lipinski definition) is 3. The lowest BCUT2D eigenvalue weighted by Gasteiger charge is -2.31. The second kappa shape index (κ2) is 8.72. The van der Waals surface area contributed by atoms with E-state index in [1.54, 1.807) is 0 Å². The fraction of sp³-hybridized carbons (Fsp3) is 0.917. The number of piperidine rings is 1. The van der Waals surface area contributed by atoms with Crippen LogP contribution in [0.15, 0.2) is 0 Å². The first kappa shape index (κ1) is 16.7. The fourth-order valence-corrected chi connectivity index (χ4v) is 2.21. The van der Waals surface area contributed by atoms with Gasteiger partial charge in [0.1, 0.15) is 0 Å². The second-order valence-corrected chi connectivity index (χ2v) is 5.00. The highest BCUT2D eigenvalue weighted by molar-refractivity contribution is 5.85. The van der Waals surface area contributed by atoms with Crippen LogP contribution in [0.3, 0.4) is 0 Å². The van der Waals surface area contributed by atoms with Gasteiger partial charge >= 0.3 is 0 Å². The molecule has 1 saturated heterocycles. The van der Waals surface area contributed by atoms with Gasteiger partial charge in [-0.05, 0) is 59.3 Å². The molecule has 1 aliphatic rings. The molecule has 0 atom stereocenters. The van der Waals surface area contributed by atoms with Crippen LogP contribution < -0.4 is 10.6 Å². The van der Waals surface area contributed by atoms with E-state index in [0.29, 0.717) is 6.54 Å². The molecule has 0 aromatic carbocycles. The molecule has 17 heavy (non-hydrogen) atoms. The molecule has 0 aromatic heterocycles. The molecular weight excluding hydrogens is 238 g/mol. The first-order chi connectivity index (χ1) is 7.61. The number of amides is 1. The number of halogens is 1. The van der Waals surface area contributed by atoms with Crippen molar-refractivity contribution in [2.75, 3.05) is 33.2 Å². The van der Waals surface area contributed by atoms with Gasteiger partial charge in [-0.25, -0.2) is 0 Å². The molecule has 1 aliphatic heterocycles. The predicted octanol–water partition coefficient (Wildman–Crippen LogP) is 0.864. The summed E-state index contributed by atoms with van der Waals surface area (Å²) in [5, 5.41) is 6.15. The summed E-state index contributed by atoms with van der Waals surface area (Å²) in [7, 11) is 2.00. The van der Waals surface area contributed by atoms with Gasteiger partial charge in [0.15, 0.2) is 0 Å². The van der Waals surface area contributed by atoms with E-state index in [-0.39, 0.29) is 24.4 Å². The van der Waals surface area contributed by atoms with E-state index in [2.05, 4.69) is 15.5 Å². The minimum absolute atomic E-state index is 0. The van der Waals surface area contributed by atoms with Crippen LogP contribution in [0.5, 0.6) is 0 Å². The maximum atomic E-state index is 11.6. The summed E-state index contributed by atoms with van der Waals surface area (Å²) >= 11 is 0. The van der Waals surface area contributed by atoms with Gasteiger partial charge in [0.2, 0.25) is 5.91 Å². The van der Waals surface area contributed by atoms with Gasteiger partial charge in [0.05, 0.1) is 6.54 Å². The Labute approximate surface area is 111 Å². The number of nitrogens with zero attached hydrogens (tertiary/aromatic N) is 1. The predicted molar refractivity (Wildman–Crippen MR) is 73.6 cm³/mol. The second-order valence-electron chi connectivity index (χ2n) is 5.00. The number of hydrogen-bond donors (Lipinski definition) is 2. The van der Waals surface area contributed by atoms with Crippen molar-refractivity contribution in [1.82, 2.24) is 15.5 Å². The van der Waals surface area contributed by atoms with E-state index < -0.39 is 0 Å². The summed E-state index contributed by atoms with van der Waals surface area (Å²) in [4.78, 5) is 13.8. The lowest BCUT2D eigenvalue weighted by molar-refractivity contribution is -0.123. The van der Waals surface area contributed by atoms with E-state index >= 15 is 0 Å². The Bertz CT molecular complexity index is 216. The van der Waals surface area contributed by atoms with Gasteiger partial charge in [-0.15, -0.1) is 12.4 Å². The molecule has 1 fully saturated rings. The lowest BCUT2D eigenvalue weighted by atomic mass is 9.97. The molecule has 0 spiro atoms. The van der Waals surface area contributed by atoms with Gasteiger partial charge in [-0.2, -0.15) is 0 Å². The number of carbonyl (C=O) groups excluding carboxylic acids is 1. The third-order valence-corrected chi connectivity index (χ3v) is 3.02. The fourth-order valence-electron chi connectivity index (χ4n) is 2.21. The van der Waals surface area contributed by atoms with Crippen LogP contribution in [0, 0.1) is 5.92 Å². The molecular formula is C12H26ClN3O. The highest BCUT2D eigenvalue weighted by Gasteiger charge is 2.20. The van der Waals surface area contributed by atoms with Gasteiger partial charge in [0, 0.05) is 6.04 Å². The monoisotopic (exact) mass is 263 g/mol. The Kier molecular flexibility index (Phi) is 8.56. The summed E-state index contributed by atoms with van der Waals surface area (Å²) < 4.78 is 0. The van der Waals surface area contributed by atoms with Crippen molar-refractivity contribution >= 4 is 18.3 Å². The van der Waals surface area contributed by atoms with Crippen molar-refractivity contribution in [1.29, 1.82) is 0 Å². The van der Waals surface area contributed by atoms with Crippen LogP contribution in [0.2, 0.25) is 0 Å². The molecule has 0 radical (unpaired) electrons. The zero-order valence-corrected chi connectivity index (χ0v) is 12.0. The number of carbonyl (C=O) groups is 1. The van der Waals surface area contributed by atoms with E-state index in [0.717, 1.165) is 25.6 Å². The number of likely N-dealkylation sites (tertiary alicyclic amines) is 1. The third kappa shape index (κ3) is 6.86. The van der Waals surface area contributed by atoms with Crippen molar-refractivity contribution in [2.45, 2.75) is 32.7 Å². The Morgan fingerprint density at radius 1 is 1.35 bits per heavy atom. The Balaban J connectivity index is 0.00000256. The highest BCUT2D eigenvalue weighted by atomic mass is 35.5. The molecule has 2 N–H and O–H groups in total. The Morgan fingerprint density at radius 2 is 1.94 bits per heavy atom. The summed E-state index contributed by atoms with van der Waals surface area (Å²) in [6, 6.07) is 0.245. The van der Waals surface area contributed by atoms with Crippen LogP contribution in [-0.4, -0.2) is 50.1 Å². The van der Waals surface area contributed by atoms with Crippen LogP contribution >= 0.6 is 12.4 Å². The van der Waals surface area contributed by atoms with Gasteiger partial charge in [-0.1, -0.05) is 0 Å². The van der Waals surface area contributed by atoms with E-state index in [4.69, 9.17) is 0 Å².